The van der Waals surface area contributed by atoms with Gasteiger partial charge in [-0.25, -0.2) is 0 Å². The molecule has 0 saturated heterocycles. The fourth-order valence-corrected chi connectivity index (χ4v) is 15.2. The predicted octanol–water partition coefficient (Wildman–Crippen LogP) is 10.9. The lowest BCUT2D eigenvalue weighted by molar-refractivity contribution is 0.821. The third kappa shape index (κ3) is 4.41. The number of benzene rings is 9. The summed E-state index contributed by atoms with van der Waals surface area (Å²) in [7, 11) is 0. The van der Waals surface area contributed by atoms with Crippen LogP contribution in [-0.2, 0) is 0 Å². The summed E-state index contributed by atoms with van der Waals surface area (Å²) < 4.78 is 5.19. The lowest BCUT2D eigenvalue weighted by Crippen LogP contribution is -2.63. The smallest absolute Gasteiger partial charge is 0.249 e. The van der Waals surface area contributed by atoms with Crippen LogP contribution in [0.4, 0.5) is 0 Å². The second-order valence-corrected chi connectivity index (χ2v) is 20.1. The molecular weight excluding hydrogens is 798 g/mol. The van der Waals surface area contributed by atoms with Gasteiger partial charge in [-0.3, -0.25) is 0 Å². The van der Waals surface area contributed by atoms with Gasteiger partial charge in [-0.15, -0.1) is 0 Å². The fourth-order valence-electron chi connectivity index (χ4n) is 12.2. The van der Waals surface area contributed by atoms with Crippen LogP contribution in [0.25, 0.3) is 77.2 Å². The highest BCUT2D eigenvalue weighted by atomic mass is 32.2. The Kier molecular flexibility index (Phi) is 6.95. The number of rotatable bonds is 3. The molecule has 0 N–H and O–H groups in total. The van der Waals surface area contributed by atoms with Crippen molar-refractivity contribution in [3.63, 3.8) is 0 Å². The number of hydrogen-bond acceptors (Lipinski definition) is 2. The molecule has 4 aliphatic heterocycles. The molecule has 11 aromatic rings. The van der Waals surface area contributed by atoms with Crippen LogP contribution in [-0.4, -0.2) is 22.6 Å². The molecule has 292 valence electrons. The van der Waals surface area contributed by atoms with E-state index in [2.05, 4.69) is 199 Å². The van der Waals surface area contributed by atoms with Crippen LogP contribution in [0.5, 0.6) is 0 Å². The average Bonchev–Trinajstić information content (AvgIpc) is 3.87. The third-order valence-corrected chi connectivity index (χ3v) is 17.0. The van der Waals surface area contributed by atoms with Crippen LogP contribution >= 0.6 is 23.5 Å². The maximum Gasteiger partial charge on any atom is 0.249 e. The molecule has 0 atom stereocenters. The summed E-state index contributed by atoms with van der Waals surface area (Å²) in [6.45, 7) is 5.05. The summed E-state index contributed by atoms with van der Waals surface area (Å²) in [6, 6.07) is 66.7. The summed E-state index contributed by atoms with van der Waals surface area (Å²) in [5.41, 5.74) is 23.1. The molecule has 0 radical (unpaired) electrons. The highest BCUT2D eigenvalue weighted by Crippen LogP contribution is 2.50. The Labute approximate surface area is 374 Å². The number of para-hydroxylation sites is 4. The van der Waals surface area contributed by atoms with Crippen molar-refractivity contribution in [1.29, 1.82) is 0 Å². The minimum absolute atomic E-state index is 0.0940. The van der Waals surface area contributed by atoms with E-state index in [4.69, 9.17) is 0 Å². The fraction of sp³-hybridized carbons (Fsp3) is 0.0526. The van der Waals surface area contributed by atoms with Crippen molar-refractivity contribution in [3.8, 4) is 33.6 Å². The normalized spacial score (nSPS) is 13.8. The number of hydrogen-bond donors (Lipinski definition) is 0. The molecule has 2 nitrogen and oxygen atoms in total. The summed E-state index contributed by atoms with van der Waals surface area (Å²) in [5.74, 6) is 0.307. The molecule has 0 bridgehead atoms. The summed E-state index contributed by atoms with van der Waals surface area (Å²) >= 11 is 4.05. The third-order valence-electron chi connectivity index (χ3n) is 14.6. The zero-order valence-corrected chi connectivity index (χ0v) is 36.3. The van der Waals surface area contributed by atoms with Crippen LogP contribution < -0.4 is 32.8 Å². The van der Waals surface area contributed by atoms with E-state index in [9.17, 15) is 0 Å². The molecule has 6 heteroatoms. The second kappa shape index (κ2) is 12.5. The number of nitrogens with zero attached hydrogens (tertiary/aromatic N) is 2. The minimum Gasteiger partial charge on any atom is -0.310 e. The van der Waals surface area contributed by atoms with Gasteiger partial charge >= 0.3 is 0 Å². The van der Waals surface area contributed by atoms with Crippen molar-refractivity contribution in [2.75, 3.05) is 0 Å². The average molecular weight is 835 g/mol. The molecule has 2 aromatic heterocycles. The molecule has 4 aliphatic rings. The Morgan fingerprint density at radius 2 is 0.841 bits per heavy atom. The number of aromatic nitrogens is 2. The largest absolute Gasteiger partial charge is 0.310 e. The van der Waals surface area contributed by atoms with E-state index >= 15 is 0 Å². The standard InChI is InChI=1S/C57H36B2N2S2/c1-32(2)49-56-41(58-39-23-11-15-27-45(39)60-43-25-13-9-21-35(43)50-37(33-17-5-3-6-18-33)29-47(62-56)52(58)54(50)60)31-42-57(49)63-48-30-38(34-19-7-4-8-20-34)51-36-22-10-14-26-44(36)61-46-28-16-12-24-40(46)59(42)53(48)55(51)61/h3-32H,1-2H3. The van der Waals surface area contributed by atoms with Crippen LogP contribution in [0.2, 0.25) is 0 Å². The molecule has 0 fully saturated rings. The second-order valence-electron chi connectivity index (χ2n) is 18.0. The van der Waals surface area contributed by atoms with Gasteiger partial charge in [-0.05, 0) is 92.0 Å². The molecule has 63 heavy (non-hydrogen) atoms. The zero-order chi connectivity index (χ0) is 41.2. The van der Waals surface area contributed by atoms with Gasteiger partial charge in [0.1, 0.15) is 0 Å². The first kappa shape index (κ1) is 34.9. The van der Waals surface area contributed by atoms with Gasteiger partial charge in [0.15, 0.2) is 0 Å². The van der Waals surface area contributed by atoms with Gasteiger partial charge in [0.2, 0.25) is 13.4 Å². The van der Waals surface area contributed by atoms with Crippen molar-refractivity contribution in [2.24, 2.45) is 0 Å². The van der Waals surface area contributed by atoms with E-state index < -0.39 is 0 Å². The first-order valence-electron chi connectivity index (χ1n) is 22.2. The zero-order valence-electron chi connectivity index (χ0n) is 34.7. The highest BCUT2D eigenvalue weighted by molar-refractivity contribution is 8.01. The van der Waals surface area contributed by atoms with Crippen molar-refractivity contribution >= 4 is 113 Å². The molecule has 6 heterocycles. The van der Waals surface area contributed by atoms with Gasteiger partial charge in [0.25, 0.3) is 0 Å². The first-order chi connectivity index (χ1) is 31.1. The SMILES string of the molecule is CC(C)c1c2c(cc3c1Sc1cc(-c4ccccc4)c4c5ccccc5n5c4c1B3c1ccccc1-5)B1c3ccccc3-n3c4ccccc4c4c(-c5ccccc5)cc(c1c43)S2. The maximum absolute atomic E-state index is 2.69. The Morgan fingerprint density at radius 1 is 0.429 bits per heavy atom. The lowest BCUT2D eigenvalue weighted by atomic mass is 9.32. The van der Waals surface area contributed by atoms with Gasteiger partial charge in [-0.1, -0.05) is 188 Å². The Morgan fingerprint density at radius 3 is 1.30 bits per heavy atom. The van der Waals surface area contributed by atoms with E-state index in [1.165, 1.54) is 135 Å². The van der Waals surface area contributed by atoms with E-state index in [0.29, 0.717) is 5.92 Å². The van der Waals surface area contributed by atoms with Crippen molar-refractivity contribution in [1.82, 2.24) is 9.13 Å². The van der Waals surface area contributed by atoms with E-state index in [0.717, 1.165) is 0 Å². The van der Waals surface area contributed by atoms with Crippen molar-refractivity contribution in [2.45, 2.75) is 39.3 Å². The van der Waals surface area contributed by atoms with Gasteiger partial charge in [0.05, 0.1) is 22.1 Å². The van der Waals surface area contributed by atoms with Gasteiger partial charge in [-0.2, -0.15) is 0 Å². The quantitative estimate of drug-likeness (QED) is 0.164. The first-order valence-corrected chi connectivity index (χ1v) is 23.8. The molecular formula is C57H36B2N2S2. The number of fused-ring (bicyclic) bond motifs is 16. The molecule has 0 spiro atoms. The van der Waals surface area contributed by atoms with E-state index in [1.807, 2.05) is 23.5 Å². The maximum atomic E-state index is 2.69. The summed E-state index contributed by atoms with van der Waals surface area (Å²) in [5, 5.41) is 5.34. The topological polar surface area (TPSA) is 9.86 Å². The van der Waals surface area contributed by atoms with E-state index in [-0.39, 0.29) is 13.4 Å². The monoisotopic (exact) mass is 834 g/mol. The minimum atomic E-state index is 0.0940. The van der Waals surface area contributed by atoms with Gasteiger partial charge < -0.3 is 9.13 Å². The summed E-state index contributed by atoms with van der Waals surface area (Å²) in [6.07, 6.45) is 0. The Hall–Kier alpha value is -6.59. The molecule has 0 saturated carbocycles. The Balaban J connectivity index is 1.08. The van der Waals surface area contributed by atoms with Gasteiger partial charge in [0, 0.05) is 52.5 Å². The molecule has 0 unspecified atom stereocenters. The van der Waals surface area contributed by atoms with Crippen molar-refractivity contribution in [3.05, 3.63) is 181 Å². The van der Waals surface area contributed by atoms with Crippen LogP contribution in [0.3, 0.4) is 0 Å². The lowest BCUT2D eigenvalue weighted by Gasteiger charge is -2.39. The van der Waals surface area contributed by atoms with Crippen LogP contribution in [0, 0.1) is 0 Å². The molecule has 0 aliphatic carbocycles. The molecule has 9 aromatic carbocycles. The molecule has 0 amide bonds. The predicted molar refractivity (Wildman–Crippen MR) is 271 cm³/mol. The Bertz CT molecular complexity index is 3600. The van der Waals surface area contributed by atoms with E-state index in [1.54, 1.807) is 0 Å². The molecule has 15 rings (SSSR count). The van der Waals surface area contributed by atoms with Crippen LogP contribution in [0.1, 0.15) is 25.3 Å². The van der Waals surface area contributed by atoms with Crippen molar-refractivity contribution < 1.29 is 0 Å². The highest BCUT2D eigenvalue weighted by Gasteiger charge is 2.46. The summed E-state index contributed by atoms with van der Waals surface area (Å²) in [4.78, 5) is 5.64. The van der Waals surface area contributed by atoms with Crippen LogP contribution in [0.15, 0.2) is 196 Å².